The Morgan fingerprint density at radius 2 is 2.00 bits per heavy atom. The molecule has 0 bridgehead atoms. The number of carbonyl (C=O) groups is 1. The number of carboxylic acids is 1. The van der Waals surface area contributed by atoms with Crippen LogP contribution in [0.5, 0.6) is 0 Å². The van der Waals surface area contributed by atoms with Gasteiger partial charge in [-0.3, -0.25) is 9.69 Å². The second-order valence-electron chi connectivity index (χ2n) is 5.21. The molecule has 98 valence electrons. The van der Waals surface area contributed by atoms with Gasteiger partial charge in [-0.2, -0.15) is 0 Å². The molecule has 1 spiro atoms. The first-order valence-electron chi connectivity index (χ1n) is 6.29. The minimum absolute atomic E-state index is 0.0871. The molecule has 1 N–H and O–H groups in total. The van der Waals surface area contributed by atoms with Crippen LogP contribution < -0.4 is 0 Å². The smallest absolute Gasteiger partial charge is 0.321 e. The van der Waals surface area contributed by atoms with Gasteiger partial charge >= 0.3 is 5.97 Å². The first-order chi connectivity index (χ1) is 8.04. The number of piperidine rings is 1. The molecule has 0 aromatic heterocycles. The van der Waals surface area contributed by atoms with Crippen LogP contribution in [-0.2, 0) is 14.3 Å². The SMILES string of the molecule is CC(C)C(C(=O)O)N1CCCC2(C1)OCCO2. The molecule has 2 saturated heterocycles. The number of hydrogen-bond acceptors (Lipinski definition) is 4. The van der Waals surface area contributed by atoms with Crippen molar-refractivity contribution in [3.05, 3.63) is 0 Å². The largest absolute Gasteiger partial charge is 0.480 e. The highest BCUT2D eigenvalue weighted by atomic mass is 16.7. The molecule has 0 aromatic carbocycles. The van der Waals surface area contributed by atoms with E-state index in [0.717, 1.165) is 19.4 Å². The molecule has 5 heteroatoms. The number of likely N-dealkylation sites (tertiary alicyclic amines) is 1. The van der Waals surface area contributed by atoms with E-state index in [1.807, 2.05) is 18.7 Å². The number of carboxylic acid groups (broad SMARTS) is 1. The first-order valence-corrected chi connectivity index (χ1v) is 6.29. The van der Waals surface area contributed by atoms with E-state index in [9.17, 15) is 9.90 Å². The summed E-state index contributed by atoms with van der Waals surface area (Å²) in [5.74, 6) is -1.21. The summed E-state index contributed by atoms with van der Waals surface area (Å²) >= 11 is 0. The molecule has 2 rings (SSSR count). The monoisotopic (exact) mass is 243 g/mol. The molecule has 0 amide bonds. The minimum atomic E-state index is -0.755. The highest BCUT2D eigenvalue weighted by Crippen LogP contribution is 2.31. The Bertz CT molecular complexity index is 286. The lowest BCUT2D eigenvalue weighted by molar-refractivity contribution is -0.198. The molecule has 2 aliphatic rings. The normalized spacial score (nSPS) is 26.5. The van der Waals surface area contributed by atoms with Crippen LogP contribution in [0.15, 0.2) is 0 Å². The molecular formula is C12H21NO4. The molecule has 5 nitrogen and oxygen atoms in total. The van der Waals surface area contributed by atoms with Crippen LogP contribution in [-0.4, -0.2) is 54.1 Å². The van der Waals surface area contributed by atoms with Crippen molar-refractivity contribution in [2.24, 2.45) is 5.92 Å². The topological polar surface area (TPSA) is 59.0 Å². The minimum Gasteiger partial charge on any atom is -0.480 e. The summed E-state index contributed by atoms with van der Waals surface area (Å²) in [7, 11) is 0. The number of aliphatic carboxylic acids is 1. The van der Waals surface area contributed by atoms with E-state index in [1.54, 1.807) is 0 Å². The van der Waals surface area contributed by atoms with Gasteiger partial charge in [-0.15, -0.1) is 0 Å². The van der Waals surface area contributed by atoms with Crippen LogP contribution in [0.3, 0.4) is 0 Å². The molecule has 1 unspecified atom stereocenters. The molecule has 0 radical (unpaired) electrons. The maximum atomic E-state index is 11.3. The van der Waals surface area contributed by atoms with Gasteiger partial charge in [0.15, 0.2) is 5.79 Å². The van der Waals surface area contributed by atoms with E-state index in [-0.39, 0.29) is 5.92 Å². The molecule has 2 heterocycles. The molecule has 2 fully saturated rings. The fourth-order valence-electron chi connectivity index (χ4n) is 2.85. The second-order valence-corrected chi connectivity index (χ2v) is 5.21. The second kappa shape index (κ2) is 4.92. The van der Waals surface area contributed by atoms with Gasteiger partial charge in [0.25, 0.3) is 0 Å². The van der Waals surface area contributed by atoms with Crippen molar-refractivity contribution in [1.29, 1.82) is 0 Å². The van der Waals surface area contributed by atoms with Crippen LogP contribution in [0, 0.1) is 5.92 Å². The summed E-state index contributed by atoms with van der Waals surface area (Å²) in [5, 5.41) is 9.30. The quantitative estimate of drug-likeness (QED) is 0.799. The Morgan fingerprint density at radius 3 is 2.53 bits per heavy atom. The molecular weight excluding hydrogens is 222 g/mol. The van der Waals surface area contributed by atoms with Crippen molar-refractivity contribution in [3.63, 3.8) is 0 Å². The summed E-state index contributed by atoms with van der Waals surface area (Å²) in [6.07, 6.45) is 1.80. The lowest BCUT2D eigenvalue weighted by atomic mass is 9.97. The van der Waals surface area contributed by atoms with Crippen molar-refractivity contribution >= 4 is 5.97 Å². The van der Waals surface area contributed by atoms with Gasteiger partial charge in [-0.25, -0.2) is 0 Å². The fourth-order valence-corrected chi connectivity index (χ4v) is 2.85. The third kappa shape index (κ3) is 2.61. The van der Waals surface area contributed by atoms with E-state index < -0.39 is 17.8 Å². The molecule has 0 aromatic rings. The zero-order chi connectivity index (χ0) is 12.5. The average Bonchev–Trinajstić information content (AvgIpc) is 2.65. The van der Waals surface area contributed by atoms with Crippen LogP contribution in [0.4, 0.5) is 0 Å². The molecule has 0 aliphatic carbocycles. The zero-order valence-electron chi connectivity index (χ0n) is 10.5. The van der Waals surface area contributed by atoms with Crippen LogP contribution >= 0.6 is 0 Å². The Labute approximate surface area is 102 Å². The van der Waals surface area contributed by atoms with E-state index >= 15 is 0 Å². The summed E-state index contributed by atoms with van der Waals surface area (Å²) in [4.78, 5) is 13.3. The third-order valence-corrected chi connectivity index (χ3v) is 3.54. The van der Waals surface area contributed by atoms with Gasteiger partial charge in [0.05, 0.1) is 19.8 Å². The van der Waals surface area contributed by atoms with Crippen molar-refractivity contribution in [3.8, 4) is 0 Å². The van der Waals surface area contributed by atoms with E-state index in [4.69, 9.17) is 9.47 Å². The van der Waals surface area contributed by atoms with Crippen LogP contribution in [0.1, 0.15) is 26.7 Å². The number of nitrogens with zero attached hydrogens (tertiary/aromatic N) is 1. The molecule has 17 heavy (non-hydrogen) atoms. The Morgan fingerprint density at radius 1 is 1.35 bits per heavy atom. The molecule has 2 aliphatic heterocycles. The lowest BCUT2D eigenvalue weighted by Crippen LogP contribution is -2.56. The molecule has 1 atom stereocenters. The predicted octanol–water partition coefficient (Wildman–Crippen LogP) is 0.934. The van der Waals surface area contributed by atoms with Crippen LogP contribution in [0.25, 0.3) is 0 Å². The Balaban J connectivity index is 2.07. The summed E-state index contributed by atoms with van der Waals surface area (Å²) in [6.45, 7) is 6.50. The summed E-state index contributed by atoms with van der Waals surface area (Å²) in [6, 6.07) is -0.444. The highest BCUT2D eigenvalue weighted by Gasteiger charge is 2.44. The average molecular weight is 243 g/mol. The summed E-state index contributed by atoms with van der Waals surface area (Å²) in [5.41, 5.74) is 0. The third-order valence-electron chi connectivity index (χ3n) is 3.54. The maximum Gasteiger partial charge on any atom is 0.321 e. The lowest BCUT2D eigenvalue weighted by Gasteiger charge is -2.42. The van der Waals surface area contributed by atoms with Crippen molar-refractivity contribution in [1.82, 2.24) is 4.90 Å². The number of rotatable bonds is 3. The van der Waals surface area contributed by atoms with E-state index in [0.29, 0.717) is 19.8 Å². The van der Waals surface area contributed by atoms with E-state index in [2.05, 4.69) is 0 Å². The summed E-state index contributed by atoms with van der Waals surface area (Å²) < 4.78 is 11.3. The first kappa shape index (κ1) is 12.8. The fraction of sp³-hybridized carbons (Fsp3) is 0.917. The standard InChI is InChI=1S/C12H21NO4/c1-9(2)10(11(14)15)13-5-3-4-12(8-13)16-6-7-17-12/h9-10H,3-8H2,1-2H3,(H,14,15). The highest BCUT2D eigenvalue weighted by molar-refractivity contribution is 5.73. The van der Waals surface area contributed by atoms with Crippen molar-refractivity contribution in [2.45, 2.75) is 38.5 Å². The van der Waals surface area contributed by atoms with Gasteiger partial charge in [0.1, 0.15) is 6.04 Å². The van der Waals surface area contributed by atoms with Gasteiger partial charge in [-0.05, 0) is 18.9 Å². The van der Waals surface area contributed by atoms with E-state index in [1.165, 1.54) is 0 Å². The van der Waals surface area contributed by atoms with Gasteiger partial charge < -0.3 is 14.6 Å². The maximum absolute atomic E-state index is 11.3. The van der Waals surface area contributed by atoms with Gasteiger partial charge in [0.2, 0.25) is 0 Å². The molecule has 0 saturated carbocycles. The predicted molar refractivity (Wildman–Crippen MR) is 61.7 cm³/mol. The number of hydrogen-bond donors (Lipinski definition) is 1. The number of ether oxygens (including phenoxy) is 2. The Kier molecular flexibility index (Phi) is 3.70. The van der Waals surface area contributed by atoms with Gasteiger partial charge in [0, 0.05) is 6.42 Å². The zero-order valence-corrected chi connectivity index (χ0v) is 10.5. The van der Waals surface area contributed by atoms with Crippen molar-refractivity contribution in [2.75, 3.05) is 26.3 Å². The van der Waals surface area contributed by atoms with Gasteiger partial charge in [-0.1, -0.05) is 13.8 Å². The Hall–Kier alpha value is -0.650. The van der Waals surface area contributed by atoms with Crippen LogP contribution in [0.2, 0.25) is 0 Å². The van der Waals surface area contributed by atoms with Crippen molar-refractivity contribution < 1.29 is 19.4 Å².